The van der Waals surface area contributed by atoms with Gasteiger partial charge in [-0.3, -0.25) is 0 Å². The molecule has 2 aromatic rings. The third-order valence-corrected chi connectivity index (χ3v) is 4.69. The summed E-state index contributed by atoms with van der Waals surface area (Å²) in [4.78, 5) is 5.98. The molecule has 1 aromatic heterocycles. The summed E-state index contributed by atoms with van der Waals surface area (Å²) in [6, 6.07) is 6.54. The molecule has 0 saturated carbocycles. The first-order valence-corrected chi connectivity index (χ1v) is 7.18. The zero-order valence-electron chi connectivity index (χ0n) is 12.1. The Hall–Kier alpha value is -1.39. The summed E-state index contributed by atoms with van der Waals surface area (Å²) in [6.45, 7) is 6.28. The number of nitrogens with zero attached hydrogens (tertiary/aromatic N) is 1. The minimum atomic E-state index is 0.339. The van der Waals surface area contributed by atoms with Crippen LogP contribution in [-0.4, -0.2) is 19.1 Å². The second-order valence-electron chi connectivity index (χ2n) is 4.66. The number of aromatic nitrogens is 1. The van der Waals surface area contributed by atoms with Crippen molar-refractivity contribution in [1.29, 1.82) is 0 Å². The first kappa shape index (κ1) is 14.0. The van der Waals surface area contributed by atoms with Gasteiger partial charge in [0.05, 0.1) is 12.8 Å². The molecule has 0 fully saturated rings. The van der Waals surface area contributed by atoms with Crippen molar-refractivity contribution < 1.29 is 4.74 Å². The lowest BCUT2D eigenvalue weighted by atomic mass is 10.1. The van der Waals surface area contributed by atoms with E-state index in [4.69, 9.17) is 4.74 Å². The first-order valence-electron chi connectivity index (χ1n) is 6.36. The van der Waals surface area contributed by atoms with Crippen LogP contribution in [-0.2, 0) is 0 Å². The molecule has 1 atom stereocenters. The fraction of sp³-hybridized carbons (Fsp3) is 0.400. The Kier molecular flexibility index (Phi) is 4.22. The van der Waals surface area contributed by atoms with Crippen molar-refractivity contribution in [2.75, 3.05) is 14.2 Å². The van der Waals surface area contributed by atoms with Crippen molar-refractivity contribution in [3.05, 3.63) is 34.3 Å². The van der Waals surface area contributed by atoms with Crippen LogP contribution in [0.25, 0.3) is 10.6 Å². The van der Waals surface area contributed by atoms with Gasteiger partial charge < -0.3 is 10.1 Å². The van der Waals surface area contributed by atoms with Crippen LogP contribution in [0, 0.1) is 13.8 Å². The monoisotopic (exact) mass is 276 g/mol. The van der Waals surface area contributed by atoms with Crippen LogP contribution in [0.15, 0.2) is 18.2 Å². The maximum Gasteiger partial charge on any atom is 0.123 e. The molecule has 0 radical (unpaired) electrons. The van der Waals surface area contributed by atoms with E-state index in [1.165, 1.54) is 4.88 Å². The van der Waals surface area contributed by atoms with Crippen molar-refractivity contribution in [3.63, 3.8) is 0 Å². The number of hydrogen-bond donors (Lipinski definition) is 1. The number of nitrogens with one attached hydrogen (secondary N) is 1. The molecular weight excluding hydrogens is 256 g/mol. The summed E-state index contributed by atoms with van der Waals surface area (Å²) < 4.78 is 5.29. The molecule has 0 amide bonds. The molecular formula is C15H20N2OS. The van der Waals surface area contributed by atoms with E-state index in [0.29, 0.717) is 6.04 Å². The van der Waals surface area contributed by atoms with Gasteiger partial charge in [-0.15, -0.1) is 11.3 Å². The molecule has 0 aliphatic rings. The van der Waals surface area contributed by atoms with Gasteiger partial charge in [-0.2, -0.15) is 0 Å². The minimum Gasteiger partial charge on any atom is -0.496 e. The molecule has 4 heteroatoms. The zero-order valence-corrected chi connectivity index (χ0v) is 12.9. The molecule has 1 heterocycles. The number of methoxy groups -OCH3 is 1. The highest BCUT2D eigenvalue weighted by molar-refractivity contribution is 7.15. The Morgan fingerprint density at radius 3 is 2.63 bits per heavy atom. The predicted molar refractivity (Wildman–Crippen MR) is 81.1 cm³/mol. The number of benzene rings is 1. The van der Waals surface area contributed by atoms with E-state index < -0.39 is 0 Å². The molecule has 0 saturated heterocycles. The van der Waals surface area contributed by atoms with E-state index in [0.717, 1.165) is 27.6 Å². The molecule has 1 N–H and O–H groups in total. The second-order valence-corrected chi connectivity index (χ2v) is 5.69. The van der Waals surface area contributed by atoms with E-state index in [-0.39, 0.29) is 0 Å². The summed E-state index contributed by atoms with van der Waals surface area (Å²) >= 11 is 1.75. The van der Waals surface area contributed by atoms with Gasteiger partial charge in [0, 0.05) is 16.5 Å². The van der Waals surface area contributed by atoms with E-state index in [1.807, 2.05) is 13.1 Å². The van der Waals surface area contributed by atoms with E-state index in [2.05, 4.69) is 43.2 Å². The van der Waals surface area contributed by atoms with Gasteiger partial charge >= 0.3 is 0 Å². The molecule has 1 aromatic carbocycles. The van der Waals surface area contributed by atoms with Gasteiger partial charge in [0.15, 0.2) is 0 Å². The van der Waals surface area contributed by atoms with Gasteiger partial charge in [0.1, 0.15) is 10.8 Å². The predicted octanol–water partition coefficient (Wildman–Crippen LogP) is 3.72. The first-order chi connectivity index (χ1) is 9.06. The van der Waals surface area contributed by atoms with E-state index in [1.54, 1.807) is 18.4 Å². The molecule has 0 aliphatic heterocycles. The Morgan fingerprint density at radius 2 is 2.05 bits per heavy atom. The van der Waals surface area contributed by atoms with Gasteiger partial charge in [0.2, 0.25) is 0 Å². The summed E-state index contributed by atoms with van der Waals surface area (Å²) in [7, 11) is 3.67. The third kappa shape index (κ3) is 2.80. The minimum absolute atomic E-state index is 0.339. The fourth-order valence-corrected chi connectivity index (χ4v) is 3.20. The number of ether oxygens (including phenoxy) is 1. The summed E-state index contributed by atoms with van der Waals surface area (Å²) in [6.07, 6.45) is 0. The smallest absolute Gasteiger partial charge is 0.123 e. The quantitative estimate of drug-likeness (QED) is 0.924. The summed E-state index contributed by atoms with van der Waals surface area (Å²) in [5.41, 5.74) is 3.40. The Bertz CT molecular complexity index is 578. The van der Waals surface area contributed by atoms with Crippen molar-refractivity contribution >= 4 is 11.3 Å². The molecule has 2 rings (SSSR count). The molecule has 0 aliphatic carbocycles. The SMILES string of the molecule is CNC(C)c1sc(-c2ccc(OC)c(C)c2)nc1C. The summed E-state index contributed by atoms with van der Waals surface area (Å²) in [5.74, 6) is 0.917. The number of thiazole rings is 1. The molecule has 0 bridgehead atoms. The van der Waals surface area contributed by atoms with Crippen LogP contribution >= 0.6 is 11.3 Å². The highest BCUT2D eigenvalue weighted by atomic mass is 32.1. The topological polar surface area (TPSA) is 34.1 Å². The van der Waals surface area contributed by atoms with Crippen molar-refractivity contribution in [2.24, 2.45) is 0 Å². The number of aryl methyl sites for hydroxylation is 2. The van der Waals surface area contributed by atoms with Crippen LogP contribution in [0.2, 0.25) is 0 Å². The van der Waals surface area contributed by atoms with Gasteiger partial charge in [-0.1, -0.05) is 0 Å². The van der Waals surface area contributed by atoms with Crippen molar-refractivity contribution in [3.8, 4) is 16.3 Å². The molecule has 19 heavy (non-hydrogen) atoms. The zero-order chi connectivity index (χ0) is 14.0. The molecule has 102 valence electrons. The maximum atomic E-state index is 5.29. The van der Waals surface area contributed by atoms with Gasteiger partial charge in [0.25, 0.3) is 0 Å². The van der Waals surface area contributed by atoms with Crippen LogP contribution in [0.5, 0.6) is 5.75 Å². The lowest BCUT2D eigenvalue weighted by Gasteiger charge is -2.07. The second kappa shape index (κ2) is 5.72. The Labute approximate surface area is 118 Å². The van der Waals surface area contributed by atoms with Gasteiger partial charge in [-0.25, -0.2) is 4.98 Å². The molecule has 0 spiro atoms. The average molecular weight is 276 g/mol. The standard InChI is InChI=1S/C15H20N2OS/c1-9-8-12(6-7-13(9)18-5)15-17-11(3)14(19-15)10(2)16-4/h6-8,10,16H,1-5H3. The lowest BCUT2D eigenvalue weighted by molar-refractivity contribution is 0.412. The summed E-state index contributed by atoms with van der Waals surface area (Å²) in [5, 5.41) is 4.34. The lowest BCUT2D eigenvalue weighted by Crippen LogP contribution is -2.11. The maximum absolute atomic E-state index is 5.29. The average Bonchev–Trinajstić information content (AvgIpc) is 2.80. The highest BCUT2D eigenvalue weighted by Crippen LogP contribution is 2.33. The third-order valence-electron chi connectivity index (χ3n) is 3.30. The largest absolute Gasteiger partial charge is 0.496 e. The number of rotatable bonds is 4. The van der Waals surface area contributed by atoms with Crippen LogP contribution in [0.4, 0.5) is 0 Å². The molecule has 3 nitrogen and oxygen atoms in total. The fourth-order valence-electron chi connectivity index (χ4n) is 2.08. The Morgan fingerprint density at radius 1 is 1.32 bits per heavy atom. The Balaban J connectivity index is 2.40. The van der Waals surface area contributed by atoms with E-state index in [9.17, 15) is 0 Å². The highest BCUT2D eigenvalue weighted by Gasteiger charge is 2.14. The van der Waals surface area contributed by atoms with Crippen LogP contribution in [0.1, 0.15) is 29.1 Å². The van der Waals surface area contributed by atoms with Crippen molar-refractivity contribution in [1.82, 2.24) is 10.3 Å². The van der Waals surface area contributed by atoms with Crippen LogP contribution < -0.4 is 10.1 Å². The van der Waals surface area contributed by atoms with Gasteiger partial charge in [-0.05, 0) is 51.6 Å². The number of hydrogen-bond acceptors (Lipinski definition) is 4. The van der Waals surface area contributed by atoms with Crippen LogP contribution in [0.3, 0.4) is 0 Å². The van der Waals surface area contributed by atoms with E-state index >= 15 is 0 Å². The van der Waals surface area contributed by atoms with Crippen molar-refractivity contribution in [2.45, 2.75) is 26.8 Å². The normalized spacial score (nSPS) is 12.5. The molecule has 1 unspecified atom stereocenters.